The van der Waals surface area contributed by atoms with E-state index >= 15 is 0 Å². The minimum absolute atomic E-state index is 0.0951. The highest BCUT2D eigenvalue weighted by atomic mass is 79.9. The number of nitrogens with two attached hydrogens (primary N) is 1. The summed E-state index contributed by atoms with van der Waals surface area (Å²) in [5.41, 5.74) is 6.59. The normalized spacial score (nSPS) is 14.8. The molecule has 3 N–H and O–H groups in total. The maximum Gasteiger partial charge on any atom is 0.237 e. The van der Waals surface area contributed by atoms with Gasteiger partial charge in [0.25, 0.3) is 0 Å². The Morgan fingerprint density at radius 3 is 2.37 bits per heavy atom. The molecule has 0 fully saturated rings. The SMILES string of the molecule is CC[C@H](C)[C@H](N)C(=O)NC(C)(C)c1ccc(Br)cc1. The summed E-state index contributed by atoms with van der Waals surface area (Å²) in [4.78, 5) is 12.2. The molecule has 1 rings (SSSR count). The van der Waals surface area contributed by atoms with Gasteiger partial charge in [-0.1, -0.05) is 48.3 Å². The van der Waals surface area contributed by atoms with Gasteiger partial charge in [-0.05, 0) is 37.5 Å². The second kappa shape index (κ2) is 6.53. The Morgan fingerprint density at radius 1 is 1.37 bits per heavy atom. The van der Waals surface area contributed by atoms with Crippen molar-refractivity contribution < 1.29 is 4.79 Å². The summed E-state index contributed by atoms with van der Waals surface area (Å²) in [5, 5.41) is 3.03. The lowest BCUT2D eigenvalue weighted by Crippen LogP contribution is -2.51. The molecule has 0 bridgehead atoms. The Kier molecular flexibility index (Phi) is 5.56. The highest BCUT2D eigenvalue weighted by molar-refractivity contribution is 9.10. The summed E-state index contributed by atoms with van der Waals surface area (Å²) in [7, 11) is 0. The first-order valence-corrected chi connectivity index (χ1v) is 7.41. The molecule has 0 heterocycles. The zero-order valence-electron chi connectivity index (χ0n) is 12.0. The number of nitrogens with one attached hydrogen (secondary N) is 1. The van der Waals surface area contributed by atoms with Crippen molar-refractivity contribution in [3.8, 4) is 0 Å². The van der Waals surface area contributed by atoms with Gasteiger partial charge in [0.05, 0.1) is 11.6 Å². The van der Waals surface area contributed by atoms with Crippen LogP contribution in [-0.4, -0.2) is 11.9 Å². The Balaban J connectivity index is 2.79. The van der Waals surface area contributed by atoms with Crippen LogP contribution in [0.15, 0.2) is 28.7 Å². The minimum Gasteiger partial charge on any atom is -0.346 e. The van der Waals surface area contributed by atoms with Crippen LogP contribution in [0.4, 0.5) is 0 Å². The molecular weight excluding hydrogens is 304 g/mol. The number of benzene rings is 1. The van der Waals surface area contributed by atoms with Crippen LogP contribution in [0.3, 0.4) is 0 Å². The Morgan fingerprint density at radius 2 is 1.89 bits per heavy atom. The average Bonchev–Trinajstić information content (AvgIpc) is 2.36. The molecule has 1 aromatic carbocycles. The molecule has 0 spiro atoms. The largest absolute Gasteiger partial charge is 0.346 e. The van der Waals surface area contributed by atoms with E-state index in [1.165, 1.54) is 0 Å². The standard InChI is InChI=1S/C15H23BrN2O/c1-5-10(2)13(17)14(19)18-15(3,4)11-6-8-12(16)9-7-11/h6-10,13H,5,17H2,1-4H3,(H,18,19)/t10-,13-/m0/s1. The number of rotatable bonds is 5. The van der Waals surface area contributed by atoms with Gasteiger partial charge >= 0.3 is 0 Å². The lowest BCUT2D eigenvalue weighted by atomic mass is 9.92. The monoisotopic (exact) mass is 326 g/mol. The van der Waals surface area contributed by atoms with Crippen LogP contribution >= 0.6 is 15.9 Å². The summed E-state index contributed by atoms with van der Waals surface area (Å²) in [5.74, 6) is 0.0861. The van der Waals surface area contributed by atoms with Crippen molar-refractivity contribution >= 4 is 21.8 Å². The molecule has 106 valence electrons. The van der Waals surface area contributed by atoms with Gasteiger partial charge in [0.1, 0.15) is 0 Å². The lowest BCUT2D eigenvalue weighted by molar-refractivity contribution is -0.125. The van der Waals surface area contributed by atoms with Gasteiger partial charge in [-0.2, -0.15) is 0 Å². The summed E-state index contributed by atoms with van der Waals surface area (Å²) in [6, 6.07) is 7.48. The minimum atomic E-state index is -0.459. The van der Waals surface area contributed by atoms with E-state index in [9.17, 15) is 4.79 Å². The fourth-order valence-electron chi connectivity index (χ4n) is 1.84. The summed E-state index contributed by atoms with van der Waals surface area (Å²) in [6.45, 7) is 8.00. The zero-order valence-corrected chi connectivity index (χ0v) is 13.6. The van der Waals surface area contributed by atoms with E-state index in [4.69, 9.17) is 5.73 Å². The first-order valence-electron chi connectivity index (χ1n) is 6.61. The predicted octanol–water partition coefficient (Wildman–Crippen LogP) is 3.17. The van der Waals surface area contributed by atoms with Crippen LogP contribution in [0.2, 0.25) is 0 Å². The molecule has 0 aliphatic rings. The smallest absolute Gasteiger partial charge is 0.237 e. The van der Waals surface area contributed by atoms with Gasteiger partial charge in [0.2, 0.25) is 5.91 Å². The number of carbonyl (C=O) groups excluding carboxylic acids is 1. The van der Waals surface area contributed by atoms with Crippen LogP contribution in [0, 0.1) is 5.92 Å². The van der Waals surface area contributed by atoms with Crippen molar-refractivity contribution in [1.29, 1.82) is 0 Å². The molecule has 0 unspecified atom stereocenters. The molecule has 0 aliphatic heterocycles. The van der Waals surface area contributed by atoms with E-state index in [0.29, 0.717) is 0 Å². The molecule has 4 heteroatoms. The van der Waals surface area contributed by atoms with E-state index in [-0.39, 0.29) is 11.8 Å². The maximum atomic E-state index is 12.2. The summed E-state index contributed by atoms with van der Waals surface area (Å²) < 4.78 is 1.02. The van der Waals surface area contributed by atoms with E-state index in [2.05, 4.69) is 21.2 Å². The number of carbonyl (C=O) groups is 1. The van der Waals surface area contributed by atoms with Crippen LogP contribution < -0.4 is 11.1 Å². The van der Waals surface area contributed by atoms with E-state index in [1.807, 2.05) is 52.0 Å². The first-order chi connectivity index (χ1) is 8.77. The quantitative estimate of drug-likeness (QED) is 0.873. The van der Waals surface area contributed by atoms with E-state index < -0.39 is 11.6 Å². The molecule has 0 saturated carbocycles. The highest BCUT2D eigenvalue weighted by Gasteiger charge is 2.27. The lowest BCUT2D eigenvalue weighted by Gasteiger charge is -2.29. The van der Waals surface area contributed by atoms with E-state index in [1.54, 1.807) is 0 Å². The van der Waals surface area contributed by atoms with Gasteiger partial charge in [0, 0.05) is 4.47 Å². The molecular formula is C15H23BrN2O. The molecule has 19 heavy (non-hydrogen) atoms. The predicted molar refractivity (Wildman–Crippen MR) is 82.7 cm³/mol. The van der Waals surface area contributed by atoms with E-state index in [0.717, 1.165) is 16.5 Å². The molecule has 0 aliphatic carbocycles. The Bertz CT molecular complexity index is 428. The second-order valence-electron chi connectivity index (χ2n) is 5.53. The van der Waals surface area contributed by atoms with Gasteiger partial charge in [0.15, 0.2) is 0 Å². The molecule has 0 saturated heterocycles. The van der Waals surface area contributed by atoms with Gasteiger partial charge in [-0.25, -0.2) is 0 Å². The summed E-state index contributed by atoms with van der Waals surface area (Å²) in [6.07, 6.45) is 0.896. The van der Waals surface area contributed by atoms with Crippen LogP contribution in [0.1, 0.15) is 39.7 Å². The van der Waals surface area contributed by atoms with Crippen LogP contribution in [0.5, 0.6) is 0 Å². The second-order valence-corrected chi connectivity index (χ2v) is 6.45. The third-order valence-corrected chi connectivity index (χ3v) is 4.09. The van der Waals surface area contributed by atoms with Crippen molar-refractivity contribution in [2.24, 2.45) is 11.7 Å². The molecule has 1 aromatic rings. The van der Waals surface area contributed by atoms with Crippen molar-refractivity contribution in [2.75, 3.05) is 0 Å². The fourth-order valence-corrected chi connectivity index (χ4v) is 2.11. The van der Waals surface area contributed by atoms with Gasteiger partial charge in [-0.15, -0.1) is 0 Å². The topological polar surface area (TPSA) is 55.1 Å². The number of halogens is 1. The van der Waals surface area contributed by atoms with Crippen molar-refractivity contribution in [3.05, 3.63) is 34.3 Å². The molecule has 3 nitrogen and oxygen atoms in total. The summed E-state index contributed by atoms with van der Waals surface area (Å²) >= 11 is 3.41. The molecule has 0 aromatic heterocycles. The third-order valence-electron chi connectivity index (χ3n) is 3.56. The zero-order chi connectivity index (χ0) is 14.6. The highest BCUT2D eigenvalue weighted by Crippen LogP contribution is 2.22. The Hall–Kier alpha value is -0.870. The Labute approximate surface area is 124 Å². The number of hydrogen-bond donors (Lipinski definition) is 2. The molecule has 1 amide bonds. The first kappa shape index (κ1) is 16.2. The van der Waals surface area contributed by atoms with Crippen LogP contribution in [-0.2, 0) is 10.3 Å². The molecule has 0 radical (unpaired) electrons. The van der Waals surface area contributed by atoms with Gasteiger partial charge < -0.3 is 11.1 Å². The van der Waals surface area contributed by atoms with Gasteiger partial charge in [-0.3, -0.25) is 4.79 Å². The fraction of sp³-hybridized carbons (Fsp3) is 0.533. The maximum absolute atomic E-state index is 12.2. The van der Waals surface area contributed by atoms with Crippen molar-refractivity contribution in [2.45, 2.75) is 45.7 Å². The number of amides is 1. The average molecular weight is 327 g/mol. The van der Waals surface area contributed by atoms with Crippen molar-refractivity contribution in [1.82, 2.24) is 5.32 Å². The third kappa shape index (κ3) is 4.32. The van der Waals surface area contributed by atoms with Crippen LogP contribution in [0.25, 0.3) is 0 Å². The number of hydrogen-bond acceptors (Lipinski definition) is 2. The van der Waals surface area contributed by atoms with Crippen molar-refractivity contribution in [3.63, 3.8) is 0 Å². The molecule has 2 atom stereocenters.